The normalized spacial score (nSPS) is 11.2. The van der Waals surface area contributed by atoms with Gasteiger partial charge in [-0.05, 0) is 49.4 Å². The van der Waals surface area contributed by atoms with Crippen LogP contribution in [0.2, 0.25) is 0 Å². The molecule has 4 rings (SSSR count). The zero-order valence-corrected chi connectivity index (χ0v) is 19.3. The summed E-state index contributed by atoms with van der Waals surface area (Å²) < 4.78 is 11.6. The van der Waals surface area contributed by atoms with Gasteiger partial charge >= 0.3 is 11.6 Å². The second kappa shape index (κ2) is 9.95. The molecular weight excluding hydrogens is 434 g/mol. The number of aryl methyl sites for hydroxylation is 2. The molecule has 0 fully saturated rings. The van der Waals surface area contributed by atoms with E-state index in [9.17, 15) is 14.4 Å². The van der Waals surface area contributed by atoms with Gasteiger partial charge in [0.25, 0.3) is 0 Å². The van der Waals surface area contributed by atoms with Gasteiger partial charge in [0, 0.05) is 23.9 Å². The lowest BCUT2D eigenvalue weighted by Gasteiger charge is -2.10. The smallest absolute Gasteiger partial charge is 0.340 e. The summed E-state index contributed by atoms with van der Waals surface area (Å²) in [5.74, 6) is -1.10. The molecule has 0 saturated heterocycles. The first kappa shape index (κ1) is 23.3. The van der Waals surface area contributed by atoms with Crippen molar-refractivity contribution in [3.05, 3.63) is 69.8 Å². The zero-order valence-electron chi connectivity index (χ0n) is 19.3. The summed E-state index contributed by atoms with van der Waals surface area (Å²) in [5.41, 5.74) is 4.44. The Morgan fingerprint density at radius 1 is 1.03 bits per heavy atom. The number of nitrogens with one attached hydrogen (secondary N) is 1. The Hall–Kier alpha value is -3.87. The van der Waals surface area contributed by atoms with Crippen LogP contribution in [0.3, 0.4) is 0 Å². The molecule has 4 aromatic rings. The van der Waals surface area contributed by atoms with E-state index < -0.39 is 11.6 Å². The fourth-order valence-corrected chi connectivity index (χ4v) is 4.35. The topological polar surface area (TPSA) is 110 Å². The molecule has 7 nitrogen and oxygen atoms in total. The van der Waals surface area contributed by atoms with Gasteiger partial charge in [-0.15, -0.1) is 0 Å². The number of carbonyl (C=O) groups is 2. The minimum atomic E-state index is -0.820. The number of unbranched alkanes of at least 4 members (excludes halogenated alkanes) is 2. The SMILES string of the molecule is Cc1cc2oc(=O)c(CC(=O)NCCCCCC(=O)O)c(C)c2c2occ(-c3ccccc3)c12. The van der Waals surface area contributed by atoms with Crippen molar-refractivity contribution in [1.82, 2.24) is 5.32 Å². The molecule has 0 atom stereocenters. The number of furan rings is 1. The number of carboxylic acids is 1. The Morgan fingerprint density at radius 3 is 2.53 bits per heavy atom. The molecule has 2 N–H and O–H groups in total. The highest BCUT2D eigenvalue weighted by Crippen LogP contribution is 2.38. The van der Waals surface area contributed by atoms with Crippen molar-refractivity contribution < 1.29 is 23.5 Å². The second-order valence-electron chi connectivity index (χ2n) is 8.51. The molecular formula is C27H27NO6. The van der Waals surface area contributed by atoms with E-state index in [0.717, 1.165) is 22.1 Å². The van der Waals surface area contributed by atoms with Gasteiger partial charge in [0.05, 0.1) is 23.6 Å². The van der Waals surface area contributed by atoms with Gasteiger partial charge in [0.2, 0.25) is 5.91 Å². The average molecular weight is 462 g/mol. The Labute approximate surface area is 196 Å². The van der Waals surface area contributed by atoms with Crippen molar-refractivity contribution >= 4 is 33.8 Å². The zero-order chi connectivity index (χ0) is 24.2. The number of fused-ring (bicyclic) bond motifs is 3. The van der Waals surface area contributed by atoms with E-state index >= 15 is 0 Å². The van der Waals surface area contributed by atoms with E-state index in [4.69, 9.17) is 13.9 Å². The largest absolute Gasteiger partial charge is 0.481 e. The first-order valence-electron chi connectivity index (χ1n) is 11.4. The van der Waals surface area contributed by atoms with E-state index in [-0.39, 0.29) is 18.7 Å². The van der Waals surface area contributed by atoms with Crippen LogP contribution in [0.25, 0.3) is 33.1 Å². The van der Waals surface area contributed by atoms with E-state index in [1.807, 2.05) is 50.2 Å². The van der Waals surface area contributed by atoms with Crippen molar-refractivity contribution in [2.45, 2.75) is 46.0 Å². The van der Waals surface area contributed by atoms with Gasteiger partial charge in [-0.1, -0.05) is 36.8 Å². The maximum absolute atomic E-state index is 12.7. The Balaban J connectivity index is 1.62. The molecule has 176 valence electrons. The van der Waals surface area contributed by atoms with Gasteiger partial charge in [-0.3, -0.25) is 9.59 Å². The lowest BCUT2D eigenvalue weighted by Crippen LogP contribution is -2.28. The van der Waals surface area contributed by atoms with Gasteiger partial charge in [0.1, 0.15) is 11.2 Å². The number of carboxylic acid groups (broad SMARTS) is 1. The molecule has 0 bridgehead atoms. The van der Waals surface area contributed by atoms with Crippen molar-refractivity contribution in [2.75, 3.05) is 6.54 Å². The minimum Gasteiger partial charge on any atom is -0.481 e. The van der Waals surface area contributed by atoms with Gasteiger partial charge in [0.15, 0.2) is 0 Å². The predicted molar refractivity (Wildman–Crippen MR) is 130 cm³/mol. The van der Waals surface area contributed by atoms with Crippen LogP contribution in [0.15, 0.2) is 56.3 Å². The molecule has 0 aliphatic heterocycles. The monoisotopic (exact) mass is 461 g/mol. The first-order valence-corrected chi connectivity index (χ1v) is 11.4. The molecule has 0 saturated carbocycles. The molecule has 34 heavy (non-hydrogen) atoms. The summed E-state index contributed by atoms with van der Waals surface area (Å²) in [4.78, 5) is 35.8. The fraction of sp³-hybridized carbons (Fsp3) is 0.296. The number of benzene rings is 2. The molecule has 0 aliphatic carbocycles. The Morgan fingerprint density at radius 2 is 1.79 bits per heavy atom. The van der Waals surface area contributed by atoms with Crippen LogP contribution in [0.1, 0.15) is 42.4 Å². The Kier molecular flexibility index (Phi) is 6.82. The molecule has 0 radical (unpaired) electrons. The first-order chi connectivity index (χ1) is 16.4. The summed E-state index contributed by atoms with van der Waals surface area (Å²) in [5, 5.41) is 13.1. The molecule has 0 aliphatic rings. The van der Waals surface area contributed by atoms with Crippen LogP contribution in [-0.4, -0.2) is 23.5 Å². The van der Waals surface area contributed by atoms with Crippen LogP contribution in [0.4, 0.5) is 0 Å². The van der Waals surface area contributed by atoms with Crippen LogP contribution >= 0.6 is 0 Å². The predicted octanol–water partition coefficient (Wildman–Crippen LogP) is 5.13. The summed E-state index contributed by atoms with van der Waals surface area (Å²) >= 11 is 0. The highest BCUT2D eigenvalue weighted by molar-refractivity contribution is 6.11. The highest BCUT2D eigenvalue weighted by Gasteiger charge is 2.21. The number of amides is 1. The average Bonchev–Trinajstić information content (AvgIpc) is 3.25. The molecule has 2 heterocycles. The van der Waals surface area contributed by atoms with Crippen molar-refractivity contribution in [3.8, 4) is 11.1 Å². The molecule has 0 spiro atoms. The second-order valence-corrected chi connectivity index (χ2v) is 8.51. The molecule has 7 heteroatoms. The van der Waals surface area contributed by atoms with Crippen molar-refractivity contribution in [2.24, 2.45) is 0 Å². The number of hydrogen-bond donors (Lipinski definition) is 2. The third kappa shape index (κ3) is 4.73. The lowest BCUT2D eigenvalue weighted by molar-refractivity contribution is -0.137. The standard InChI is InChI=1S/C27H27NO6/c1-16-13-21-25(26-24(16)20(15-33-26)18-9-5-3-6-10-18)17(2)19(27(32)34-21)14-22(29)28-12-8-4-7-11-23(30)31/h3,5-6,9-10,13,15H,4,7-8,11-12,14H2,1-2H3,(H,28,29)(H,30,31). The fourth-order valence-electron chi connectivity index (χ4n) is 4.35. The maximum Gasteiger partial charge on any atom is 0.340 e. The van der Waals surface area contributed by atoms with Crippen LogP contribution < -0.4 is 10.9 Å². The third-order valence-electron chi connectivity index (χ3n) is 6.09. The summed E-state index contributed by atoms with van der Waals surface area (Å²) in [6, 6.07) is 11.8. The minimum absolute atomic E-state index is 0.0964. The van der Waals surface area contributed by atoms with Gasteiger partial charge in [-0.2, -0.15) is 0 Å². The Bertz CT molecular complexity index is 1410. The van der Waals surface area contributed by atoms with E-state index in [2.05, 4.69) is 5.32 Å². The summed E-state index contributed by atoms with van der Waals surface area (Å²) in [6.45, 7) is 4.20. The lowest BCUT2D eigenvalue weighted by atomic mass is 9.96. The number of carbonyl (C=O) groups excluding carboxylic acids is 1. The summed E-state index contributed by atoms with van der Waals surface area (Å²) in [7, 11) is 0. The number of hydrogen-bond acceptors (Lipinski definition) is 5. The van der Waals surface area contributed by atoms with Crippen LogP contribution in [0, 0.1) is 13.8 Å². The number of rotatable bonds is 9. The quantitative estimate of drug-likeness (QED) is 0.264. The maximum atomic E-state index is 12.7. The molecule has 2 aromatic heterocycles. The molecule has 1 amide bonds. The molecule has 0 unspecified atom stereocenters. The highest BCUT2D eigenvalue weighted by atomic mass is 16.4. The third-order valence-corrected chi connectivity index (χ3v) is 6.09. The van der Waals surface area contributed by atoms with Crippen molar-refractivity contribution in [3.63, 3.8) is 0 Å². The number of aliphatic carboxylic acids is 1. The van der Waals surface area contributed by atoms with Crippen molar-refractivity contribution in [1.29, 1.82) is 0 Å². The van der Waals surface area contributed by atoms with Gasteiger partial charge in [-0.25, -0.2) is 4.79 Å². The molecule has 2 aromatic carbocycles. The van der Waals surface area contributed by atoms with Crippen LogP contribution in [-0.2, 0) is 16.0 Å². The van der Waals surface area contributed by atoms with E-state index in [0.29, 0.717) is 53.5 Å². The van der Waals surface area contributed by atoms with Gasteiger partial charge < -0.3 is 19.3 Å². The van der Waals surface area contributed by atoms with E-state index in [1.165, 1.54) is 0 Å². The van der Waals surface area contributed by atoms with E-state index in [1.54, 1.807) is 6.26 Å². The van der Waals surface area contributed by atoms with Crippen LogP contribution in [0.5, 0.6) is 0 Å². The summed E-state index contributed by atoms with van der Waals surface area (Å²) in [6.07, 6.45) is 3.71.